The molecule has 0 bridgehead atoms. The van der Waals surface area contributed by atoms with Gasteiger partial charge in [0.1, 0.15) is 6.54 Å². The lowest BCUT2D eigenvalue weighted by molar-refractivity contribution is -0.129. The summed E-state index contributed by atoms with van der Waals surface area (Å²) >= 11 is 0. The van der Waals surface area contributed by atoms with Gasteiger partial charge in [-0.15, -0.1) is 0 Å². The fourth-order valence-corrected chi connectivity index (χ4v) is 2.21. The Kier molecular flexibility index (Phi) is 3.74. The van der Waals surface area contributed by atoms with Crippen molar-refractivity contribution < 1.29 is 9.59 Å². The van der Waals surface area contributed by atoms with E-state index in [0.717, 1.165) is 12.0 Å². The van der Waals surface area contributed by atoms with E-state index in [-0.39, 0.29) is 18.4 Å². The van der Waals surface area contributed by atoms with Crippen LogP contribution in [0.15, 0.2) is 18.2 Å². The molecule has 1 heterocycles. The summed E-state index contributed by atoms with van der Waals surface area (Å²) in [5, 5.41) is 0. The first-order valence-electron chi connectivity index (χ1n) is 6.38. The number of anilines is 1. The number of hydrogen-bond acceptors (Lipinski definition) is 3. The molecule has 1 aromatic carbocycles. The zero-order valence-corrected chi connectivity index (χ0v) is 11.3. The Morgan fingerprint density at radius 3 is 2.74 bits per heavy atom. The van der Waals surface area contributed by atoms with Gasteiger partial charge < -0.3 is 15.5 Å². The molecule has 1 aliphatic heterocycles. The van der Waals surface area contributed by atoms with Crippen molar-refractivity contribution in [2.24, 2.45) is 0 Å². The molecule has 0 aliphatic carbocycles. The first-order chi connectivity index (χ1) is 8.99. The van der Waals surface area contributed by atoms with Gasteiger partial charge in [-0.05, 0) is 31.0 Å². The van der Waals surface area contributed by atoms with Crippen molar-refractivity contribution in [3.63, 3.8) is 0 Å². The SMILES string of the molecule is Cc1ccc(C(=O)N2CCCN(C)C(=O)C2)c(N)c1. The molecular weight excluding hydrogens is 242 g/mol. The number of benzene rings is 1. The minimum atomic E-state index is -0.166. The van der Waals surface area contributed by atoms with Gasteiger partial charge in [0.2, 0.25) is 5.91 Å². The summed E-state index contributed by atoms with van der Waals surface area (Å²) in [6.45, 7) is 3.33. The van der Waals surface area contributed by atoms with Crippen molar-refractivity contribution in [3.05, 3.63) is 29.3 Å². The molecule has 2 N–H and O–H groups in total. The van der Waals surface area contributed by atoms with Crippen LogP contribution in [0.3, 0.4) is 0 Å². The van der Waals surface area contributed by atoms with Gasteiger partial charge in [0.25, 0.3) is 5.91 Å². The van der Waals surface area contributed by atoms with E-state index in [9.17, 15) is 9.59 Å². The summed E-state index contributed by atoms with van der Waals surface area (Å²) in [5.74, 6) is -0.197. The van der Waals surface area contributed by atoms with E-state index >= 15 is 0 Å². The highest BCUT2D eigenvalue weighted by Crippen LogP contribution is 2.17. The number of likely N-dealkylation sites (N-methyl/N-ethyl adjacent to an activating group) is 1. The van der Waals surface area contributed by atoms with E-state index in [0.29, 0.717) is 24.3 Å². The molecule has 2 rings (SSSR count). The van der Waals surface area contributed by atoms with Crippen LogP contribution < -0.4 is 5.73 Å². The topological polar surface area (TPSA) is 66.6 Å². The molecule has 1 aromatic rings. The third-order valence-corrected chi connectivity index (χ3v) is 3.40. The van der Waals surface area contributed by atoms with Gasteiger partial charge in [-0.3, -0.25) is 9.59 Å². The Bertz CT molecular complexity index is 513. The number of hydrogen-bond donors (Lipinski definition) is 1. The second kappa shape index (κ2) is 5.30. The molecule has 102 valence electrons. The minimum Gasteiger partial charge on any atom is -0.398 e. The number of rotatable bonds is 1. The lowest BCUT2D eigenvalue weighted by Crippen LogP contribution is -2.38. The lowest BCUT2D eigenvalue weighted by atomic mass is 10.1. The molecule has 19 heavy (non-hydrogen) atoms. The Hall–Kier alpha value is -2.04. The van der Waals surface area contributed by atoms with Crippen molar-refractivity contribution in [2.75, 3.05) is 32.4 Å². The van der Waals surface area contributed by atoms with Crippen LogP contribution in [0, 0.1) is 6.92 Å². The van der Waals surface area contributed by atoms with Gasteiger partial charge >= 0.3 is 0 Å². The van der Waals surface area contributed by atoms with Crippen molar-refractivity contribution in [2.45, 2.75) is 13.3 Å². The van der Waals surface area contributed by atoms with Crippen LogP contribution >= 0.6 is 0 Å². The van der Waals surface area contributed by atoms with E-state index in [1.165, 1.54) is 0 Å². The smallest absolute Gasteiger partial charge is 0.256 e. The summed E-state index contributed by atoms with van der Waals surface area (Å²) < 4.78 is 0. The summed E-state index contributed by atoms with van der Waals surface area (Å²) in [6, 6.07) is 5.36. The van der Waals surface area contributed by atoms with Crippen LogP contribution in [0.4, 0.5) is 5.69 Å². The van der Waals surface area contributed by atoms with E-state index in [4.69, 9.17) is 5.73 Å². The van der Waals surface area contributed by atoms with Crippen LogP contribution in [0.25, 0.3) is 0 Å². The Balaban J connectivity index is 2.21. The molecule has 1 saturated heterocycles. The number of amides is 2. The predicted octanol–water partition coefficient (Wildman–Crippen LogP) is 0.882. The Labute approximate surface area is 113 Å². The first-order valence-corrected chi connectivity index (χ1v) is 6.38. The van der Waals surface area contributed by atoms with E-state index < -0.39 is 0 Å². The molecule has 0 radical (unpaired) electrons. The normalized spacial score (nSPS) is 16.4. The maximum atomic E-state index is 12.4. The van der Waals surface area contributed by atoms with Crippen LogP contribution in [0.1, 0.15) is 22.3 Å². The second-order valence-corrected chi connectivity index (χ2v) is 4.99. The summed E-state index contributed by atoms with van der Waals surface area (Å²) in [4.78, 5) is 27.4. The lowest BCUT2D eigenvalue weighted by Gasteiger charge is -2.20. The second-order valence-electron chi connectivity index (χ2n) is 4.99. The first kappa shape index (κ1) is 13.4. The average molecular weight is 261 g/mol. The third kappa shape index (κ3) is 2.86. The van der Waals surface area contributed by atoms with Crippen molar-refractivity contribution in [1.82, 2.24) is 9.80 Å². The number of carbonyl (C=O) groups is 2. The van der Waals surface area contributed by atoms with Crippen molar-refractivity contribution in [1.29, 1.82) is 0 Å². The van der Waals surface area contributed by atoms with Crippen LogP contribution in [0.2, 0.25) is 0 Å². The molecule has 0 saturated carbocycles. The van der Waals surface area contributed by atoms with Crippen molar-refractivity contribution >= 4 is 17.5 Å². The Morgan fingerprint density at radius 1 is 1.32 bits per heavy atom. The zero-order chi connectivity index (χ0) is 14.0. The monoisotopic (exact) mass is 261 g/mol. The predicted molar refractivity (Wildman–Crippen MR) is 73.7 cm³/mol. The molecule has 1 aliphatic rings. The number of aryl methyl sites for hydroxylation is 1. The molecule has 2 amide bonds. The molecule has 0 unspecified atom stereocenters. The van der Waals surface area contributed by atoms with E-state index in [1.807, 2.05) is 13.0 Å². The highest BCUT2D eigenvalue weighted by Gasteiger charge is 2.24. The third-order valence-electron chi connectivity index (χ3n) is 3.40. The van der Waals surface area contributed by atoms with Gasteiger partial charge in [0.05, 0.1) is 5.56 Å². The van der Waals surface area contributed by atoms with Gasteiger partial charge in [-0.25, -0.2) is 0 Å². The zero-order valence-electron chi connectivity index (χ0n) is 11.3. The molecule has 0 aromatic heterocycles. The fourth-order valence-electron chi connectivity index (χ4n) is 2.21. The molecule has 0 atom stereocenters. The number of nitrogens with two attached hydrogens (primary N) is 1. The molecule has 1 fully saturated rings. The summed E-state index contributed by atoms with van der Waals surface area (Å²) in [6.07, 6.45) is 0.791. The van der Waals surface area contributed by atoms with Gasteiger partial charge in [-0.1, -0.05) is 6.07 Å². The Morgan fingerprint density at radius 2 is 2.05 bits per heavy atom. The summed E-state index contributed by atoms with van der Waals surface area (Å²) in [5.41, 5.74) is 7.84. The summed E-state index contributed by atoms with van der Waals surface area (Å²) in [7, 11) is 1.76. The molecule has 5 nitrogen and oxygen atoms in total. The maximum absolute atomic E-state index is 12.4. The average Bonchev–Trinajstić information content (AvgIpc) is 2.51. The number of nitrogens with zero attached hydrogens (tertiary/aromatic N) is 2. The van der Waals surface area contributed by atoms with E-state index in [2.05, 4.69) is 0 Å². The fraction of sp³-hybridized carbons (Fsp3) is 0.429. The number of nitrogen functional groups attached to an aromatic ring is 1. The van der Waals surface area contributed by atoms with Gasteiger partial charge in [0.15, 0.2) is 0 Å². The van der Waals surface area contributed by atoms with Crippen LogP contribution in [-0.2, 0) is 4.79 Å². The quantitative estimate of drug-likeness (QED) is 0.763. The molecular formula is C14H19N3O2. The maximum Gasteiger partial charge on any atom is 0.256 e. The van der Waals surface area contributed by atoms with Crippen LogP contribution in [0.5, 0.6) is 0 Å². The molecule has 0 spiro atoms. The van der Waals surface area contributed by atoms with Gasteiger partial charge in [0, 0.05) is 25.8 Å². The van der Waals surface area contributed by atoms with Crippen molar-refractivity contribution in [3.8, 4) is 0 Å². The highest BCUT2D eigenvalue weighted by atomic mass is 16.2. The standard InChI is InChI=1S/C14H19N3O2/c1-10-4-5-11(12(15)8-10)14(19)17-7-3-6-16(2)13(18)9-17/h4-5,8H,3,6-7,9,15H2,1-2H3. The largest absolute Gasteiger partial charge is 0.398 e. The van der Waals surface area contributed by atoms with E-state index in [1.54, 1.807) is 29.0 Å². The minimum absolute atomic E-state index is 0.0310. The van der Waals surface area contributed by atoms with Crippen LogP contribution in [-0.4, -0.2) is 48.3 Å². The molecule has 5 heteroatoms. The number of carbonyl (C=O) groups excluding carboxylic acids is 2. The van der Waals surface area contributed by atoms with Gasteiger partial charge in [-0.2, -0.15) is 0 Å². The highest BCUT2D eigenvalue weighted by molar-refractivity contribution is 6.00.